The number of unbranched alkanes of at least 4 members (excludes halogenated alkanes) is 11. The van der Waals surface area contributed by atoms with Crippen molar-refractivity contribution in [2.24, 2.45) is 0 Å². The Labute approximate surface area is 173 Å². The predicted molar refractivity (Wildman–Crippen MR) is 113 cm³/mol. The van der Waals surface area contributed by atoms with Crippen molar-refractivity contribution >= 4 is 0 Å². The lowest BCUT2D eigenvalue weighted by molar-refractivity contribution is -0.604. The number of para-hydroxylation sites is 1. The molecular weight excluding hydrogens is 354 g/mol. The monoisotopic (exact) mass is 393 g/mol. The Balaban J connectivity index is 0.00000676. The highest BCUT2D eigenvalue weighted by Crippen LogP contribution is 2.13. The van der Waals surface area contributed by atoms with Gasteiger partial charge in [-0.05, 0) is 38.1 Å². The van der Waals surface area contributed by atoms with E-state index in [4.69, 9.17) is 4.74 Å². The number of benzene rings is 1. The van der Waals surface area contributed by atoms with Crippen LogP contribution < -0.4 is 22.5 Å². The van der Waals surface area contributed by atoms with Crippen molar-refractivity contribution in [2.45, 2.75) is 84.0 Å². The molecular formula is C24H40ClNO. The zero-order valence-electron chi connectivity index (χ0n) is 17.4. The van der Waals surface area contributed by atoms with E-state index < -0.39 is 0 Å². The molecule has 0 saturated heterocycles. The smallest absolute Gasteiger partial charge is 0.180 e. The molecule has 0 aliphatic rings. The van der Waals surface area contributed by atoms with E-state index in [0.29, 0.717) is 5.76 Å². The van der Waals surface area contributed by atoms with E-state index in [1.807, 2.05) is 30.3 Å². The van der Waals surface area contributed by atoms with Crippen molar-refractivity contribution in [3.63, 3.8) is 0 Å². The van der Waals surface area contributed by atoms with Crippen molar-refractivity contribution in [2.75, 3.05) is 6.54 Å². The number of hydrogen-bond acceptors (Lipinski definition) is 1. The molecule has 0 bridgehead atoms. The fraction of sp³-hybridized carbons (Fsp3) is 0.583. The van der Waals surface area contributed by atoms with Gasteiger partial charge in [-0.15, -0.1) is 0 Å². The number of ether oxygens (including phenoxy) is 1. The fourth-order valence-electron chi connectivity index (χ4n) is 3.07. The Kier molecular flexibility index (Phi) is 17.3. The van der Waals surface area contributed by atoms with Crippen molar-refractivity contribution < 1.29 is 22.5 Å². The highest BCUT2D eigenvalue weighted by molar-refractivity contribution is 5.26. The van der Waals surface area contributed by atoms with Crippen LogP contribution in [0.4, 0.5) is 0 Å². The molecule has 0 aliphatic heterocycles. The average Bonchev–Trinajstić information content (AvgIpc) is 2.66. The summed E-state index contributed by atoms with van der Waals surface area (Å²) in [5, 5.41) is 2.15. The largest absolute Gasteiger partial charge is 1.00 e. The number of rotatable bonds is 17. The van der Waals surface area contributed by atoms with Crippen LogP contribution in [0.2, 0.25) is 0 Å². The first kappa shape index (κ1) is 25.8. The van der Waals surface area contributed by atoms with Crippen LogP contribution in [0, 0.1) is 0 Å². The molecule has 1 aromatic rings. The Morgan fingerprint density at radius 1 is 0.778 bits per heavy atom. The van der Waals surface area contributed by atoms with Crippen LogP contribution >= 0.6 is 0 Å². The van der Waals surface area contributed by atoms with Crippen LogP contribution in [-0.2, 0) is 0 Å². The molecule has 154 valence electrons. The maximum atomic E-state index is 5.71. The SMILES string of the molecule is C=C([NH2+]CCCCCCCCCCCCCC)C(=C)Oc1ccccc1.[Cl-]. The molecule has 2 nitrogen and oxygen atoms in total. The van der Waals surface area contributed by atoms with Crippen LogP contribution in [-0.4, -0.2) is 6.54 Å². The molecule has 27 heavy (non-hydrogen) atoms. The minimum Gasteiger partial charge on any atom is -1.00 e. The molecule has 0 atom stereocenters. The van der Waals surface area contributed by atoms with Gasteiger partial charge in [-0.25, -0.2) is 0 Å². The number of quaternary nitrogens is 1. The van der Waals surface area contributed by atoms with Gasteiger partial charge in [0, 0.05) is 0 Å². The molecule has 0 amide bonds. The van der Waals surface area contributed by atoms with E-state index in [9.17, 15) is 0 Å². The molecule has 1 rings (SSSR count). The van der Waals surface area contributed by atoms with Gasteiger partial charge in [0.25, 0.3) is 0 Å². The second kappa shape index (κ2) is 18.1. The van der Waals surface area contributed by atoms with E-state index in [1.54, 1.807) is 0 Å². The third-order valence-electron chi connectivity index (χ3n) is 4.79. The molecule has 0 aliphatic carbocycles. The lowest BCUT2D eigenvalue weighted by Gasteiger charge is -2.09. The number of nitrogens with two attached hydrogens (primary N) is 1. The molecule has 0 radical (unpaired) electrons. The van der Waals surface area contributed by atoms with Gasteiger partial charge in [0.15, 0.2) is 11.5 Å². The summed E-state index contributed by atoms with van der Waals surface area (Å²) in [6, 6.07) is 9.76. The van der Waals surface area contributed by atoms with Crippen LogP contribution in [0.1, 0.15) is 84.0 Å². The van der Waals surface area contributed by atoms with Crippen LogP contribution in [0.3, 0.4) is 0 Å². The third kappa shape index (κ3) is 14.5. The predicted octanol–water partition coefficient (Wildman–Crippen LogP) is 3.36. The molecule has 0 saturated carbocycles. The molecule has 3 heteroatoms. The summed E-state index contributed by atoms with van der Waals surface area (Å²) in [4.78, 5) is 0. The third-order valence-corrected chi connectivity index (χ3v) is 4.79. The normalized spacial score (nSPS) is 10.3. The highest BCUT2D eigenvalue weighted by Gasteiger charge is 2.06. The minimum atomic E-state index is 0. The zero-order chi connectivity index (χ0) is 18.9. The van der Waals surface area contributed by atoms with E-state index in [-0.39, 0.29) is 12.4 Å². The van der Waals surface area contributed by atoms with Crippen molar-refractivity contribution in [3.8, 4) is 5.75 Å². The van der Waals surface area contributed by atoms with Crippen LogP contribution in [0.15, 0.2) is 54.9 Å². The molecule has 0 fully saturated rings. The Hall–Kier alpha value is -1.25. The van der Waals surface area contributed by atoms with Gasteiger partial charge in [-0.1, -0.05) is 89.3 Å². The maximum Gasteiger partial charge on any atom is 0.180 e. The van der Waals surface area contributed by atoms with Gasteiger partial charge in [0.2, 0.25) is 0 Å². The Bertz CT molecular complexity index is 486. The highest BCUT2D eigenvalue weighted by atomic mass is 35.5. The summed E-state index contributed by atoms with van der Waals surface area (Å²) < 4.78 is 5.71. The van der Waals surface area contributed by atoms with Gasteiger partial charge < -0.3 is 22.5 Å². The summed E-state index contributed by atoms with van der Waals surface area (Å²) in [5.41, 5.74) is 0.900. The van der Waals surface area contributed by atoms with Crippen molar-refractivity contribution in [1.29, 1.82) is 0 Å². The quantitative estimate of drug-likeness (QED) is 0.245. The molecule has 1 aromatic carbocycles. The molecule has 2 N–H and O–H groups in total. The summed E-state index contributed by atoms with van der Waals surface area (Å²) >= 11 is 0. The average molecular weight is 394 g/mol. The Morgan fingerprint density at radius 2 is 1.26 bits per heavy atom. The molecule has 0 heterocycles. The summed E-state index contributed by atoms with van der Waals surface area (Å²) in [7, 11) is 0. The Morgan fingerprint density at radius 3 is 1.78 bits per heavy atom. The molecule has 0 spiro atoms. The van der Waals surface area contributed by atoms with Gasteiger partial charge >= 0.3 is 0 Å². The number of hydrogen-bond donors (Lipinski definition) is 1. The summed E-state index contributed by atoms with van der Waals surface area (Å²) in [6.07, 6.45) is 16.6. The number of halogens is 1. The molecule has 0 unspecified atom stereocenters. The first-order valence-electron chi connectivity index (χ1n) is 10.7. The fourth-order valence-corrected chi connectivity index (χ4v) is 3.07. The van der Waals surface area contributed by atoms with Crippen molar-refractivity contribution in [3.05, 3.63) is 54.9 Å². The second-order valence-electron chi connectivity index (χ2n) is 7.25. The topological polar surface area (TPSA) is 25.8 Å². The first-order valence-corrected chi connectivity index (χ1v) is 10.7. The lowest BCUT2D eigenvalue weighted by Crippen LogP contribution is -3.00. The van der Waals surface area contributed by atoms with Gasteiger partial charge in [-0.2, -0.15) is 0 Å². The summed E-state index contributed by atoms with van der Waals surface area (Å²) in [6.45, 7) is 11.4. The van der Waals surface area contributed by atoms with Crippen molar-refractivity contribution in [1.82, 2.24) is 0 Å². The van der Waals surface area contributed by atoms with Crippen LogP contribution in [0.5, 0.6) is 5.75 Å². The van der Waals surface area contributed by atoms with E-state index in [0.717, 1.165) is 18.0 Å². The standard InChI is InChI=1S/C24H39NO.ClH/c1-4-5-6-7-8-9-10-11-12-13-14-18-21-25-22(2)23(3)26-24-19-16-15-17-20-24;/h15-17,19-20,25H,2-14,18,21H2,1H3;1H. The minimum absolute atomic E-state index is 0. The summed E-state index contributed by atoms with van der Waals surface area (Å²) in [5.74, 6) is 1.47. The maximum absolute atomic E-state index is 5.71. The molecule has 0 aromatic heterocycles. The lowest BCUT2D eigenvalue weighted by atomic mass is 10.1. The van der Waals surface area contributed by atoms with Gasteiger partial charge in [-0.3, -0.25) is 0 Å². The van der Waals surface area contributed by atoms with Crippen LogP contribution in [0.25, 0.3) is 0 Å². The zero-order valence-corrected chi connectivity index (χ0v) is 18.1. The van der Waals surface area contributed by atoms with E-state index >= 15 is 0 Å². The van der Waals surface area contributed by atoms with E-state index in [2.05, 4.69) is 25.4 Å². The van der Waals surface area contributed by atoms with E-state index in [1.165, 1.54) is 77.0 Å². The second-order valence-corrected chi connectivity index (χ2v) is 7.25. The van der Waals surface area contributed by atoms with Gasteiger partial charge in [0.05, 0.1) is 6.54 Å². The first-order chi connectivity index (χ1) is 12.7. The van der Waals surface area contributed by atoms with Gasteiger partial charge in [0.1, 0.15) is 5.75 Å².